The van der Waals surface area contributed by atoms with Gasteiger partial charge >= 0.3 is 0 Å². The molecule has 112 valence electrons. The quantitative estimate of drug-likeness (QED) is 0.712. The van der Waals surface area contributed by atoms with Gasteiger partial charge in [-0.3, -0.25) is 9.78 Å². The van der Waals surface area contributed by atoms with Crippen molar-refractivity contribution in [2.75, 3.05) is 13.1 Å². The van der Waals surface area contributed by atoms with Crippen LogP contribution in [0.2, 0.25) is 0 Å². The normalized spacial score (nSPS) is 12.0. The van der Waals surface area contributed by atoms with Crippen LogP contribution in [0.15, 0.2) is 12.1 Å². The maximum atomic E-state index is 11.7. The lowest BCUT2D eigenvalue weighted by Gasteiger charge is -2.17. The van der Waals surface area contributed by atoms with Gasteiger partial charge in [-0.15, -0.1) is 0 Å². The molecule has 0 saturated carbocycles. The minimum atomic E-state index is -0.524. The molecule has 1 unspecified atom stereocenters. The van der Waals surface area contributed by atoms with Crippen LogP contribution in [0.1, 0.15) is 38.6 Å². The monoisotopic (exact) mass is 279 g/mol. The average Bonchev–Trinajstić information content (AvgIpc) is 2.42. The van der Waals surface area contributed by atoms with Crippen LogP contribution >= 0.6 is 0 Å². The summed E-state index contributed by atoms with van der Waals surface area (Å²) in [6, 6.07) is 3.77. The van der Waals surface area contributed by atoms with Crippen molar-refractivity contribution < 1.29 is 9.53 Å². The van der Waals surface area contributed by atoms with E-state index < -0.39 is 6.10 Å². The molecule has 1 heterocycles. The van der Waals surface area contributed by atoms with Gasteiger partial charge in [-0.1, -0.05) is 6.92 Å². The highest BCUT2D eigenvalue weighted by Crippen LogP contribution is 2.18. The molecular weight excluding hydrogens is 254 g/mol. The first kappa shape index (κ1) is 16.4. The summed E-state index contributed by atoms with van der Waals surface area (Å²) in [6.07, 6.45) is 0.543. The highest BCUT2D eigenvalue weighted by molar-refractivity contribution is 5.80. The second-order valence-corrected chi connectivity index (χ2v) is 4.73. The molecule has 0 spiro atoms. The van der Waals surface area contributed by atoms with Gasteiger partial charge in [-0.2, -0.15) is 0 Å². The van der Waals surface area contributed by atoms with Crippen LogP contribution in [-0.2, 0) is 11.3 Å². The number of nitrogens with zero attached hydrogens (tertiary/aromatic N) is 1. The summed E-state index contributed by atoms with van der Waals surface area (Å²) in [4.78, 5) is 16.2. The Labute approximate surface area is 121 Å². The Morgan fingerprint density at radius 1 is 1.40 bits per heavy atom. The van der Waals surface area contributed by atoms with Crippen molar-refractivity contribution in [1.29, 1.82) is 0 Å². The molecule has 0 bridgehead atoms. The van der Waals surface area contributed by atoms with Crippen LogP contribution in [0.25, 0.3) is 0 Å². The van der Waals surface area contributed by atoms with Crippen molar-refractivity contribution >= 4 is 5.91 Å². The lowest BCUT2D eigenvalue weighted by molar-refractivity contribution is -0.127. The standard InChI is InChI=1S/C15H25N3O2/c1-5-9-16-10-13-14(8-7-11(3)18-13)20-12(4)15(19)17-6-2/h7-8,12,16H,5-6,9-10H2,1-4H3,(H,17,19). The second-order valence-electron chi connectivity index (χ2n) is 4.73. The highest BCUT2D eigenvalue weighted by atomic mass is 16.5. The van der Waals surface area contributed by atoms with Gasteiger partial charge in [0.1, 0.15) is 5.75 Å². The topological polar surface area (TPSA) is 63.3 Å². The van der Waals surface area contributed by atoms with E-state index in [2.05, 4.69) is 22.5 Å². The SMILES string of the molecule is CCCNCc1nc(C)ccc1OC(C)C(=O)NCC. The number of carbonyl (C=O) groups is 1. The van der Waals surface area contributed by atoms with Crippen molar-refractivity contribution in [2.24, 2.45) is 0 Å². The molecule has 1 atom stereocenters. The van der Waals surface area contributed by atoms with Crippen LogP contribution in [0.5, 0.6) is 5.75 Å². The van der Waals surface area contributed by atoms with Gasteiger partial charge in [0.15, 0.2) is 6.10 Å². The molecule has 1 aromatic rings. The fourth-order valence-corrected chi connectivity index (χ4v) is 1.78. The molecule has 5 nitrogen and oxygen atoms in total. The van der Waals surface area contributed by atoms with E-state index in [0.717, 1.165) is 24.4 Å². The third-order valence-corrected chi connectivity index (χ3v) is 2.81. The maximum Gasteiger partial charge on any atom is 0.260 e. The number of pyridine rings is 1. The minimum Gasteiger partial charge on any atom is -0.479 e. The summed E-state index contributed by atoms with van der Waals surface area (Å²) in [5.74, 6) is 0.554. The number of carbonyl (C=O) groups excluding carboxylic acids is 1. The molecule has 1 amide bonds. The lowest BCUT2D eigenvalue weighted by Crippen LogP contribution is -2.36. The number of aromatic nitrogens is 1. The molecule has 2 N–H and O–H groups in total. The zero-order valence-corrected chi connectivity index (χ0v) is 12.8. The third-order valence-electron chi connectivity index (χ3n) is 2.81. The van der Waals surface area contributed by atoms with Crippen LogP contribution < -0.4 is 15.4 Å². The summed E-state index contributed by atoms with van der Waals surface area (Å²) in [5, 5.41) is 6.05. The first-order valence-electron chi connectivity index (χ1n) is 7.20. The Morgan fingerprint density at radius 2 is 2.15 bits per heavy atom. The predicted octanol–water partition coefficient (Wildman–Crippen LogP) is 1.79. The third kappa shape index (κ3) is 5.17. The van der Waals surface area contributed by atoms with Gasteiger partial charge in [-0.25, -0.2) is 0 Å². The Balaban J connectivity index is 2.74. The molecule has 0 aliphatic rings. The van der Waals surface area contributed by atoms with Gasteiger partial charge < -0.3 is 15.4 Å². The molecule has 0 radical (unpaired) electrons. The van der Waals surface area contributed by atoms with Crippen molar-refractivity contribution in [3.05, 3.63) is 23.5 Å². The van der Waals surface area contributed by atoms with E-state index in [4.69, 9.17) is 4.74 Å². The number of aryl methyl sites for hydroxylation is 1. The highest BCUT2D eigenvalue weighted by Gasteiger charge is 2.16. The van der Waals surface area contributed by atoms with Crippen molar-refractivity contribution in [3.63, 3.8) is 0 Å². The summed E-state index contributed by atoms with van der Waals surface area (Å²) in [5.41, 5.74) is 1.78. The lowest BCUT2D eigenvalue weighted by atomic mass is 10.2. The van der Waals surface area contributed by atoms with Gasteiger partial charge in [0.25, 0.3) is 5.91 Å². The van der Waals surface area contributed by atoms with E-state index in [1.54, 1.807) is 6.92 Å². The number of hydrogen-bond acceptors (Lipinski definition) is 4. The van der Waals surface area contributed by atoms with E-state index in [9.17, 15) is 4.79 Å². The maximum absolute atomic E-state index is 11.7. The van der Waals surface area contributed by atoms with E-state index in [0.29, 0.717) is 18.8 Å². The molecule has 20 heavy (non-hydrogen) atoms. The molecule has 1 rings (SSSR count). The van der Waals surface area contributed by atoms with Crippen LogP contribution in [0.4, 0.5) is 0 Å². The smallest absolute Gasteiger partial charge is 0.260 e. The largest absolute Gasteiger partial charge is 0.479 e. The summed E-state index contributed by atoms with van der Waals surface area (Å²) < 4.78 is 5.73. The Kier molecular flexibility index (Phi) is 7.01. The molecular formula is C15H25N3O2. The number of hydrogen-bond donors (Lipinski definition) is 2. The van der Waals surface area contributed by atoms with E-state index in [-0.39, 0.29) is 5.91 Å². The van der Waals surface area contributed by atoms with Crippen LogP contribution in [0.3, 0.4) is 0 Å². The Bertz CT molecular complexity index is 435. The van der Waals surface area contributed by atoms with Gasteiger partial charge in [0.05, 0.1) is 5.69 Å². The minimum absolute atomic E-state index is 0.111. The average molecular weight is 279 g/mol. The molecule has 0 aromatic carbocycles. The number of ether oxygens (including phenoxy) is 1. The van der Waals surface area contributed by atoms with E-state index in [1.807, 2.05) is 26.0 Å². The van der Waals surface area contributed by atoms with Crippen LogP contribution in [0, 0.1) is 6.92 Å². The fraction of sp³-hybridized carbons (Fsp3) is 0.600. The van der Waals surface area contributed by atoms with Crippen molar-refractivity contribution in [2.45, 2.75) is 46.8 Å². The summed E-state index contributed by atoms with van der Waals surface area (Å²) in [7, 11) is 0. The van der Waals surface area contributed by atoms with Gasteiger partial charge in [0.2, 0.25) is 0 Å². The van der Waals surface area contributed by atoms with Crippen molar-refractivity contribution in [1.82, 2.24) is 15.6 Å². The first-order valence-corrected chi connectivity index (χ1v) is 7.20. The number of nitrogens with one attached hydrogen (secondary N) is 2. The predicted molar refractivity (Wildman–Crippen MR) is 79.7 cm³/mol. The van der Waals surface area contributed by atoms with E-state index in [1.165, 1.54) is 0 Å². The first-order chi connectivity index (χ1) is 9.58. The molecule has 5 heteroatoms. The molecule has 0 saturated heterocycles. The number of likely N-dealkylation sites (N-methyl/N-ethyl adjacent to an activating group) is 1. The molecule has 1 aromatic heterocycles. The molecule has 0 fully saturated rings. The fourth-order valence-electron chi connectivity index (χ4n) is 1.78. The Hall–Kier alpha value is -1.62. The summed E-state index contributed by atoms with van der Waals surface area (Å²) >= 11 is 0. The van der Waals surface area contributed by atoms with Crippen LogP contribution in [-0.4, -0.2) is 30.1 Å². The van der Waals surface area contributed by atoms with Gasteiger partial charge in [0, 0.05) is 18.8 Å². The molecule has 0 aliphatic heterocycles. The molecule has 0 aliphatic carbocycles. The Morgan fingerprint density at radius 3 is 2.80 bits per heavy atom. The van der Waals surface area contributed by atoms with E-state index >= 15 is 0 Å². The number of rotatable bonds is 8. The zero-order valence-electron chi connectivity index (χ0n) is 12.8. The zero-order chi connectivity index (χ0) is 15.0. The number of amides is 1. The summed E-state index contributed by atoms with van der Waals surface area (Å²) in [6.45, 7) is 9.87. The second kappa shape index (κ2) is 8.53. The van der Waals surface area contributed by atoms with Crippen molar-refractivity contribution in [3.8, 4) is 5.75 Å². The van der Waals surface area contributed by atoms with Gasteiger partial charge in [-0.05, 0) is 45.9 Å².